The van der Waals surface area contributed by atoms with Crippen LogP contribution in [-0.4, -0.2) is 43.3 Å². The van der Waals surface area contributed by atoms with Crippen molar-refractivity contribution in [1.82, 2.24) is 24.3 Å². The standard InChI is InChI=1S/C25H25FN6O2/c1-14(2)31-12-20-16(9-8-15(3)30-20)17-10-27-25(32-13-29-22(23(17)32)24(31)33)28-11-18-19(26)6-5-7-21(18)34-4/h5-10,13-14H,11-12H2,1-4H3,(H,27,28). The van der Waals surface area contributed by atoms with E-state index in [1.54, 1.807) is 34.0 Å². The Kier molecular flexibility index (Phi) is 5.39. The first-order valence-corrected chi connectivity index (χ1v) is 11.1. The lowest BCUT2D eigenvalue weighted by atomic mass is 10.0. The van der Waals surface area contributed by atoms with Gasteiger partial charge in [-0.3, -0.25) is 14.2 Å². The van der Waals surface area contributed by atoms with E-state index in [1.807, 2.05) is 32.9 Å². The first-order chi connectivity index (χ1) is 16.4. The van der Waals surface area contributed by atoms with Crippen molar-refractivity contribution >= 4 is 17.4 Å². The highest BCUT2D eigenvalue weighted by molar-refractivity contribution is 6.04. The summed E-state index contributed by atoms with van der Waals surface area (Å²) in [6.07, 6.45) is 3.29. The number of hydrogen-bond donors (Lipinski definition) is 1. The molecular weight excluding hydrogens is 435 g/mol. The molecule has 9 heteroatoms. The van der Waals surface area contributed by atoms with E-state index in [0.717, 1.165) is 22.5 Å². The molecule has 1 aromatic carbocycles. The minimum Gasteiger partial charge on any atom is -0.496 e. The van der Waals surface area contributed by atoms with Gasteiger partial charge in [-0.15, -0.1) is 0 Å². The average Bonchev–Trinajstić information content (AvgIpc) is 3.26. The highest BCUT2D eigenvalue weighted by Gasteiger charge is 2.30. The fourth-order valence-electron chi connectivity index (χ4n) is 4.33. The molecule has 0 aliphatic carbocycles. The minimum absolute atomic E-state index is 0.0334. The summed E-state index contributed by atoms with van der Waals surface area (Å²) in [5, 5.41) is 3.18. The van der Waals surface area contributed by atoms with Crippen molar-refractivity contribution in [2.24, 2.45) is 0 Å². The third kappa shape index (κ3) is 3.53. The molecule has 0 fully saturated rings. The van der Waals surface area contributed by atoms with E-state index in [4.69, 9.17) is 9.72 Å². The van der Waals surface area contributed by atoms with E-state index in [0.29, 0.717) is 35.0 Å². The third-order valence-corrected chi connectivity index (χ3v) is 6.10. The Labute approximate surface area is 196 Å². The number of benzene rings is 1. The van der Waals surface area contributed by atoms with Gasteiger partial charge in [0.25, 0.3) is 5.91 Å². The van der Waals surface area contributed by atoms with Gasteiger partial charge >= 0.3 is 0 Å². The van der Waals surface area contributed by atoms with E-state index >= 15 is 0 Å². The number of carbonyl (C=O) groups excluding carboxylic acids is 1. The summed E-state index contributed by atoms with van der Waals surface area (Å²) in [5.74, 6) is 0.340. The number of carbonyl (C=O) groups is 1. The summed E-state index contributed by atoms with van der Waals surface area (Å²) in [6.45, 7) is 6.42. The number of amides is 1. The molecule has 1 aliphatic rings. The lowest BCUT2D eigenvalue weighted by molar-refractivity contribution is 0.0684. The van der Waals surface area contributed by atoms with E-state index in [9.17, 15) is 9.18 Å². The smallest absolute Gasteiger partial charge is 0.275 e. The molecule has 0 unspecified atom stereocenters. The maximum atomic E-state index is 14.4. The SMILES string of the molecule is COc1cccc(F)c1CNc1ncc2c3c(ncn13)C(=O)N(C(C)C)Cc1nc(C)ccc1-2. The summed E-state index contributed by atoms with van der Waals surface area (Å²) >= 11 is 0. The van der Waals surface area contributed by atoms with Gasteiger partial charge in [0.1, 0.15) is 17.9 Å². The second-order valence-corrected chi connectivity index (χ2v) is 8.56. The number of nitrogens with one attached hydrogen (secondary N) is 1. The summed E-state index contributed by atoms with van der Waals surface area (Å²) in [6, 6.07) is 8.62. The van der Waals surface area contributed by atoms with Gasteiger partial charge in [0, 0.05) is 41.2 Å². The molecule has 34 heavy (non-hydrogen) atoms. The molecule has 0 saturated heterocycles. The molecule has 0 saturated carbocycles. The van der Waals surface area contributed by atoms with Crippen LogP contribution in [0.25, 0.3) is 16.6 Å². The number of methoxy groups -OCH3 is 1. The monoisotopic (exact) mass is 460 g/mol. The van der Waals surface area contributed by atoms with Gasteiger partial charge in [0.05, 0.1) is 24.9 Å². The Morgan fingerprint density at radius 3 is 2.76 bits per heavy atom. The second kappa shape index (κ2) is 8.40. The Balaban J connectivity index is 1.65. The summed E-state index contributed by atoms with van der Waals surface area (Å²) < 4.78 is 21.5. The van der Waals surface area contributed by atoms with Gasteiger partial charge in [0.15, 0.2) is 5.69 Å². The molecule has 0 atom stereocenters. The molecule has 1 aliphatic heterocycles. The first kappa shape index (κ1) is 21.8. The fraction of sp³-hybridized carbons (Fsp3) is 0.280. The van der Waals surface area contributed by atoms with Gasteiger partial charge in [-0.2, -0.15) is 0 Å². The Bertz CT molecular complexity index is 1410. The summed E-state index contributed by atoms with van der Waals surface area (Å²) in [7, 11) is 1.50. The summed E-state index contributed by atoms with van der Waals surface area (Å²) in [5.41, 5.74) is 4.76. The van der Waals surface area contributed by atoms with Crippen LogP contribution in [0.4, 0.5) is 10.3 Å². The predicted molar refractivity (Wildman–Crippen MR) is 126 cm³/mol. The number of pyridine rings is 1. The van der Waals surface area contributed by atoms with Crippen LogP contribution >= 0.6 is 0 Å². The quantitative estimate of drug-likeness (QED) is 0.480. The molecule has 1 N–H and O–H groups in total. The number of aromatic nitrogens is 4. The van der Waals surface area contributed by atoms with Gasteiger partial charge in [-0.1, -0.05) is 12.1 Å². The maximum Gasteiger partial charge on any atom is 0.275 e. The Morgan fingerprint density at radius 1 is 1.18 bits per heavy atom. The van der Waals surface area contributed by atoms with Gasteiger partial charge in [-0.05, 0) is 39.0 Å². The number of imidazole rings is 1. The molecule has 5 rings (SSSR count). The highest BCUT2D eigenvalue weighted by atomic mass is 19.1. The zero-order chi connectivity index (χ0) is 24.0. The van der Waals surface area contributed by atoms with Crippen LogP contribution in [0.1, 0.15) is 41.3 Å². The number of ether oxygens (including phenoxy) is 1. The number of halogens is 1. The van der Waals surface area contributed by atoms with Crippen molar-refractivity contribution in [1.29, 1.82) is 0 Å². The average molecular weight is 461 g/mol. The Morgan fingerprint density at radius 2 is 2.00 bits per heavy atom. The number of anilines is 1. The zero-order valence-electron chi connectivity index (χ0n) is 19.5. The van der Waals surface area contributed by atoms with Gasteiger partial charge in [-0.25, -0.2) is 14.4 Å². The fourth-order valence-corrected chi connectivity index (χ4v) is 4.33. The maximum absolute atomic E-state index is 14.4. The van der Waals surface area contributed by atoms with Crippen molar-refractivity contribution in [2.45, 2.75) is 39.9 Å². The van der Waals surface area contributed by atoms with Crippen molar-refractivity contribution in [3.63, 3.8) is 0 Å². The molecule has 0 bridgehead atoms. The summed E-state index contributed by atoms with van der Waals surface area (Å²) in [4.78, 5) is 29.1. The molecule has 4 heterocycles. The number of hydrogen-bond acceptors (Lipinski definition) is 6. The van der Waals surface area contributed by atoms with Crippen LogP contribution in [0.3, 0.4) is 0 Å². The molecule has 8 nitrogen and oxygen atoms in total. The van der Waals surface area contributed by atoms with Crippen LogP contribution < -0.4 is 10.1 Å². The van der Waals surface area contributed by atoms with Crippen LogP contribution in [0.15, 0.2) is 42.9 Å². The third-order valence-electron chi connectivity index (χ3n) is 6.10. The predicted octanol–water partition coefficient (Wildman–Crippen LogP) is 4.22. The van der Waals surface area contributed by atoms with E-state index in [-0.39, 0.29) is 24.3 Å². The number of aryl methyl sites for hydroxylation is 1. The van der Waals surface area contributed by atoms with Crippen LogP contribution in [-0.2, 0) is 13.1 Å². The lowest BCUT2D eigenvalue weighted by Gasteiger charge is -2.29. The molecular formula is C25H25FN6O2. The number of fused-ring (bicyclic) bond motifs is 2. The zero-order valence-corrected chi connectivity index (χ0v) is 19.5. The van der Waals surface area contributed by atoms with Crippen LogP contribution in [0.5, 0.6) is 5.75 Å². The number of rotatable bonds is 5. The van der Waals surface area contributed by atoms with E-state index < -0.39 is 0 Å². The van der Waals surface area contributed by atoms with Crippen LogP contribution in [0.2, 0.25) is 0 Å². The van der Waals surface area contributed by atoms with Crippen molar-refractivity contribution in [3.05, 3.63) is 71.3 Å². The van der Waals surface area contributed by atoms with E-state index in [1.165, 1.54) is 13.2 Å². The highest BCUT2D eigenvalue weighted by Crippen LogP contribution is 2.34. The van der Waals surface area contributed by atoms with Crippen molar-refractivity contribution in [3.8, 4) is 16.9 Å². The second-order valence-electron chi connectivity index (χ2n) is 8.56. The Hall–Kier alpha value is -4.01. The van der Waals surface area contributed by atoms with Gasteiger partial charge in [0.2, 0.25) is 5.95 Å². The van der Waals surface area contributed by atoms with Crippen molar-refractivity contribution < 1.29 is 13.9 Å². The van der Waals surface area contributed by atoms with Crippen molar-refractivity contribution in [2.75, 3.05) is 12.4 Å². The van der Waals surface area contributed by atoms with Gasteiger partial charge < -0.3 is 15.0 Å². The van der Waals surface area contributed by atoms with E-state index in [2.05, 4.69) is 15.3 Å². The van der Waals surface area contributed by atoms with Crippen LogP contribution in [0, 0.1) is 12.7 Å². The molecule has 4 aromatic rings. The molecule has 3 aromatic heterocycles. The largest absolute Gasteiger partial charge is 0.496 e. The number of nitrogens with zero attached hydrogens (tertiary/aromatic N) is 5. The molecule has 1 amide bonds. The molecule has 0 spiro atoms. The first-order valence-electron chi connectivity index (χ1n) is 11.1. The lowest BCUT2D eigenvalue weighted by Crippen LogP contribution is -2.37. The molecule has 174 valence electrons. The molecule has 0 radical (unpaired) electrons. The topological polar surface area (TPSA) is 84.7 Å². The normalized spacial score (nSPS) is 13.1. The minimum atomic E-state index is -0.376.